The van der Waals surface area contributed by atoms with Crippen molar-refractivity contribution in [1.82, 2.24) is 4.90 Å². The fraction of sp³-hybridized carbons (Fsp3) is 0.355. The number of nitrogens with zero attached hydrogens (tertiary/aromatic N) is 1. The maximum Gasteiger partial charge on any atom is 0.323 e. The number of amides is 1. The number of carbonyl (C=O) groups excluding carboxylic acids is 1. The molecule has 0 radical (unpaired) electrons. The van der Waals surface area contributed by atoms with E-state index in [0.717, 1.165) is 34.6 Å². The van der Waals surface area contributed by atoms with Crippen LogP contribution in [0.2, 0.25) is 5.02 Å². The van der Waals surface area contributed by atoms with E-state index >= 15 is 0 Å². The highest BCUT2D eigenvalue weighted by molar-refractivity contribution is 6.31. The van der Waals surface area contributed by atoms with Crippen LogP contribution in [0.15, 0.2) is 60.7 Å². The molecule has 38 heavy (non-hydrogen) atoms. The summed E-state index contributed by atoms with van der Waals surface area (Å²) in [5.74, 6) is -0.775. The van der Waals surface area contributed by atoms with Gasteiger partial charge in [0.05, 0.1) is 6.54 Å². The van der Waals surface area contributed by atoms with Crippen LogP contribution in [0.25, 0.3) is 0 Å². The molecule has 0 unspecified atom stereocenters. The van der Waals surface area contributed by atoms with Crippen LogP contribution in [0.4, 0.5) is 4.39 Å². The molecule has 0 spiro atoms. The molecule has 1 aliphatic heterocycles. The molecule has 0 fully saturated rings. The molecule has 7 heteroatoms. The molecule has 4 rings (SSSR count). The first-order valence-corrected chi connectivity index (χ1v) is 13.2. The SMILES string of the molecule is CC(C)c1ccc(C[C@@]2(C)Cc3cc(CCC(=O)N(CC(=O)O)Cc4c(F)cccc4Cl)ccc3O2)cc1. The standard InChI is InChI=1S/C31H33ClFNO4/c1-20(2)23-11-7-22(8-12-23)16-31(3)17-24-15-21(9-13-28(24)38-31)10-14-29(35)34(19-30(36)37)18-25-26(32)5-4-6-27(25)33/h4-9,11-13,15,20H,10,14,16-19H2,1-3H3,(H,36,37)/t31-/m0/s1. The van der Waals surface area contributed by atoms with Crippen molar-refractivity contribution < 1.29 is 23.8 Å². The second-order valence-corrected chi connectivity index (χ2v) is 11.0. The first-order chi connectivity index (χ1) is 18.0. The number of carboxylic acids is 1. The third kappa shape index (κ3) is 6.73. The van der Waals surface area contributed by atoms with Crippen LogP contribution in [0.5, 0.6) is 5.75 Å². The minimum absolute atomic E-state index is 0.0957. The number of rotatable bonds is 10. The van der Waals surface area contributed by atoms with E-state index in [1.54, 1.807) is 0 Å². The van der Waals surface area contributed by atoms with Crippen molar-refractivity contribution in [2.75, 3.05) is 6.54 Å². The third-order valence-electron chi connectivity index (χ3n) is 6.99. The number of aryl methyl sites for hydroxylation is 1. The molecule has 1 atom stereocenters. The molecule has 0 aromatic heterocycles. The van der Waals surface area contributed by atoms with Crippen molar-refractivity contribution in [1.29, 1.82) is 0 Å². The summed E-state index contributed by atoms with van der Waals surface area (Å²) in [4.78, 5) is 25.5. The summed E-state index contributed by atoms with van der Waals surface area (Å²) in [6, 6.07) is 18.9. The predicted molar refractivity (Wildman–Crippen MR) is 146 cm³/mol. The van der Waals surface area contributed by atoms with Gasteiger partial charge in [0.1, 0.15) is 23.7 Å². The van der Waals surface area contributed by atoms with Crippen molar-refractivity contribution in [2.24, 2.45) is 0 Å². The molecule has 0 saturated carbocycles. The van der Waals surface area contributed by atoms with Crippen LogP contribution in [0.3, 0.4) is 0 Å². The lowest BCUT2D eigenvalue weighted by atomic mass is 9.90. The van der Waals surface area contributed by atoms with Gasteiger partial charge in [-0.05, 0) is 59.7 Å². The normalized spacial score (nSPS) is 16.3. The quantitative estimate of drug-likeness (QED) is 0.317. The van der Waals surface area contributed by atoms with Gasteiger partial charge in [0.2, 0.25) is 5.91 Å². The highest BCUT2D eigenvalue weighted by Crippen LogP contribution is 2.38. The van der Waals surface area contributed by atoms with Crippen LogP contribution in [-0.4, -0.2) is 34.0 Å². The first-order valence-electron chi connectivity index (χ1n) is 12.8. The Morgan fingerprint density at radius 3 is 2.47 bits per heavy atom. The summed E-state index contributed by atoms with van der Waals surface area (Å²) in [5, 5.41) is 9.46. The van der Waals surface area contributed by atoms with Crippen LogP contribution in [0, 0.1) is 5.82 Å². The lowest BCUT2D eigenvalue weighted by Crippen LogP contribution is -2.35. The van der Waals surface area contributed by atoms with Gasteiger partial charge in [-0.15, -0.1) is 0 Å². The number of hydrogen-bond acceptors (Lipinski definition) is 3. The Bertz CT molecular complexity index is 1300. The second kappa shape index (κ2) is 11.6. The minimum atomic E-state index is -1.17. The van der Waals surface area contributed by atoms with Gasteiger partial charge in [-0.1, -0.05) is 67.9 Å². The van der Waals surface area contributed by atoms with Crippen LogP contribution in [-0.2, 0) is 35.4 Å². The van der Waals surface area contributed by atoms with Crippen LogP contribution in [0.1, 0.15) is 60.9 Å². The summed E-state index contributed by atoms with van der Waals surface area (Å²) in [5.41, 5.74) is 4.35. The van der Waals surface area contributed by atoms with E-state index in [1.807, 2.05) is 12.1 Å². The fourth-order valence-corrected chi connectivity index (χ4v) is 5.18. The summed E-state index contributed by atoms with van der Waals surface area (Å²) in [6.07, 6.45) is 2.07. The summed E-state index contributed by atoms with van der Waals surface area (Å²) >= 11 is 6.10. The monoisotopic (exact) mass is 537 g/mol. The highest BCUT2D eigenvalue weighted by atomic mass is 35.5. The van der Waals surface area contributed by atoms with E-state index < -0.39 is 18.3 Å². The zero-order valence-corrected chi connectivity index (χ0v) is 22.7. The molecule has 200 valence electrons. The van der Waals surface area contributed by atoms with Crippen molar-refractivity contribution in [2.45, 2.75) is 64.5 Å². The Labute approximate surface area is 228 Å². The topological polar surface area (TPSA) is 66.8 Å². The maximum atomic E-state index is 14.3. The highest BCUT2D eigenvalue weighted by Gasteiger charge is 2.35. The zero-order valence-electron chi connectivity index (χ0n) is 22.0. The number of hydrogen-bond donors (Lipinski definition) is 1. The van der Waals surface area contributed by atoms with Gasteiger partial charge in [0, 0.05) is 29.8 Å². The van der Waals surface area contributed by atoms with Crippen molar-refractivity contribution in [3.63, 3.8) is 0 Å². The van der Waals surface area contributed by atoms with E-state index in [2.05, 4.69) is 51.1 Å². The number of ether oxygens (including phenoxy) is 1. The minimum Gasteiger partial charge on any atom is -0.487 e. The van der Waals surface area contributed by atoms with E-state index in [1.165, 1.54) is 29.3 Å². The molecule has 3 aromatic rings. The molecular weight excluding hydrogens is 505 g/mol. The number of aliphatic carboxylic acids is 1. The lowest BCUT2D eigenvalue weighted by Gasteiger charge is -2.24. The smallest absolute Gasteiger partial charge is 0.323 e. The summed E-state index contributed by atoms with van der Waals surface area (Å²) < 4.78 is 20.6. The Balaban J connectivity index is 1.39. The average Bonchev–Trinajstić information content (AvgIpc) is 3.19. The first kappa shape index (κ1) is 27.6. The van der Waals surface area contributed by atoms with Gasteiger partial charge >= 0.3 is 5.97 Å². The molecule has 1 amide bonds. The van der Waals surface area contributed by atoms with Crippen molar-refractivity contribution in [3.05, 3.63) is 99.3 Å². The molecule has 0 bridgehead atoms. The van der Waals surface area contributed by atoms with Gasteiger partial charge in [-0.2, -0.15) is 0 Å². The molecule has 1 N–H and O–H groups in total. The molecule has 0 saturated heterocycles. The Kier molecular flexibility index (Phi) is 8.41. The summed E-state index contributed by atoms with van der Waals surface area (Å²) in [7, 11) is 0. The van der Waals surface area contributed by atoms with Crippen molar-refractivity contribution >= 4 is 23.5 Å². The van der Waals surface area contributed by atoms with Gasteiger partial charge < -0.3 is 14.7 Å². The lowest BCUT2D eigenvalue weighted by molar-refractivity contribution is -0.144. The molecule has 3 aromatic carbocycles. The van der Waals surface area contributed by atoms with Gasteiger partial charge in [-0.3, -0.25) is 9.59 Å². The van der Waals surface area contributed by atoms with Gasteiger partial charge in [-0.25, -0.2) is 4.39 Å². The molecule has 1 aliphatic rings. The zero-order chi connectivity index (χ0) is 27.4. The summed E-state index contributed by atoms with van der Waals surface area (Å²) in [6.45, 7) is 5.74. The van der Waals surface area contributed by atoms with E-state index in [-0.39, 0.29) is 35.1 Å². The maximum absolute atomic E-state index is 14.3. The van der Waals surface area contributed by atoms with Crippen LogP contribution >= 0.6 is 11.6 Å². The molecule has 0 aliphatic carbocycles. The second-order valence-electron chi connectivity index (χ2n) is 10.6. The van der Waals surface area contributed by atoms with Gasteiger partial charge in [0.25, 0.3) is 0 Å². The number of halogens is 2. The third-order valence-corrected chi connectivity index (χ3v) is 7.34. The Morgan fingerprint density at radius 2 is 1.82 bits per heavy atom. The van der Waals surface area contributed by atoms with E-state index in [0.29, 0.717) is 12.3 Å². The van der Waals surface area contributed by atoms with Crippen LogP contribution < -0.4 is 4.74 Å². The van der Waals surface area contributed by atoms with Crippen molar-refractivity contribution in [3.8, 4) is 5.75 Å². The average molecular weight is 538 g/mol. The number of benzene rings is 3. The van der Waals surface area contributed by atoms with Gasteiger partial charge in [0.15, 0.2) is 0 Å². The Morgan fingerprint density at radius 1 is 1.11 bits per heavy atom. The van der Waals surface area contributed by atoms with E-state index in [4.69, 9.17) is 16.3 Å². The fourth-order valence-electron chi connectivity index (χ4n) is 4.96. The number of carbonyl (C=O) groups is 2. The number of carboxylic acid groups (broad SMARTS) is 1. The predicted octanol–water partition coefficient (Wildman–Crippen LogP) is 6.58. The Hall–Kier alpha value is -3.38. The largest absolute Gasteiger partial charge is 0.487 e. The molecular formula is C31H33ClFNO4. The number of fused-ring (bicyclic) bond motifs is 1. The van der Waals surface area contributed by atoms with E-state index in [9.17, 15) is 19.1 Å². The molecule has 1 heterocycles. The molecule has 5 nitrogen and oxygen atoms in total.